The number of esters is 2. The summed E-state index contributed by atoms with van der Waals surface area (Å²) in [6.45, 7) is 5.94. The predicted molar refractivity (Wildman–Crippen MR) is 129 cm³/mol. The predicted octanol–water partition coefficient (Wildman–Crippen LogP) is 4.78. The van der Waals surface area contributed by atoms with Crippen LogP contribution in [0.1, 0.15) is 20.8 Å². The number of hydrogen-bond donors (Lipinski definition) is 0. The number of rotatable bonds is 6. The summed E-state index contributed by atoms with van der Waals surface area (Å²) in [5, 5.41) is 6.66. The van der Waals surface area contributed by atoms with E-state index in [0.717, 1.165) is 17.1 Å². The zero-order valence-electron chi connectivity index (χ0n) is 18.0. The topological polar surface area (TPSA) is 71.4 Å². The number of carbonyl (C=O) groups is 2. The van der Waals surface area contributed by atoms with Gasteiger partial charge in [-0.25, -0.2) is 14.6 Å². The summed E-state index contributed by atoms with van der Waals surface area (Å²) in [5.41, 5.74) is 2.38. The maximum atomic E-state index is 12.8. The van der Waals surface area contributed by atoms with Crippen LogP contribution in [0.5, 0.6) is 0 Å². The van der Waals surface area contributed by atoms with Gasteiger partial charge < -0.3 is 14.4 Å². The number of ether oxygens (including phenoxy) is 2. The third kappa shape index (κ3) is 3.86. The van der Waals surface area contributed by atoms with Crippen LogP contribution in [0.15, 0.2) is 76.4 Å². The zero-order valence-corrected chi connectivity index (χ0v) is 19.6. The molecular formula is C23H23N3O4S2. The number of nitrogens with zero attached hydrogens (tertiary/aromatic N) is 3. The van der Waals surface area contributed by atoms with Crippen LogP contribution in [0.25, 0.3) is 0 Å². The summed E-state index contributed by atoms with van der Waals surface area (Å²) in [6, 6.07) is 19.3. The highest BCUT2D eigenvalue weighted by molar-refractivity contribution is 8.29. The number of anilines is 2. The van der Waals surface area contributed by atoms with E-state index in [1.54, 1.807) is 18.9 Å². The fourth-order valence-corrected chi connectivity index (χ4v) is 6.45. The minimum Gasteiger partial charge on any atom is -0.462 e. The highest BCUT2D eigenvalue weighted by atomic mass is 32.2. The van der Waals surface area contributed by atoms with Crippen molar-refractivity contribution in [3.8, 4) is 0 Å². The van der Waals surface area contributed by atoms with Gasteiger partial charge in [-0.15, -0.1) is 0 Å². The lowest BCUT2D eigenvalue weighted by molar-refractivity contribution is -0.137. The highest BCUT2D eigenvalue weighted by Gasteiger charge is 2.58. The first-order valence-corrected chi connectivity index (χ1v) is 11.9. The van der Waals surface area contributed by atoms with Crippen molar-refractivity contribution in [2.24, 2.45) is 5.10 Å². The Morgan fingerprint density at radius 2 is 1.44 bits per heavy atom. The first-order valence-electron chi connectivity index (χ1n) is 10.2. The van der Waals surface area contributed by atoms with E-state index in [4.69, 9.17) is 9.47 Å². The molecule has 0 N–H and O–H groups in total. The van der Waals surface area contributed by atoms with Crippen LogP contribution < -0.4 is 9.91 Å². The van der Waals surface area contributed by atoms with Gasteiger partial charge in [-0.2, -0.15) is 5.10 Å². The van der Waals surface area contributed by atoms with E-state index in [0.29, 0.717) is 4.91 Å². The molecule has 166 valence electrons. The van der Waals surface area contributed by atoms with Crippen molar-refractivity contribution >= 4 is 51.9 Å². The molecule has 1 atom stereocenters. The minimum absolute atomic E-state index is 0.224. The van der Waals surface area contributed by atoms with Gasteiger partial charge in [-0.3, -0.25) is 0 Å². The fourth-order valence-electron chi connectivity index (χ4n) is 3.50. The fraction of sp³-hybridized carbons (Fsp3) is 0.261. The van der Waals surface area contributed by atoms with E-state index in [1.807, 2.05) is 72.5 Å². The number of thioether (sulfide) groups is 2. The molecule has 0 amide bonds. The standard InChI is InChI=1S/C23H23N3O4S2/c1-4-29-21(27)19-16(3)25(17-12-8-6-9-13-17)23(31-19)26(18-14-10-7-11-15-18)24-20(32-23)22(28)30-5-2/h6-15H,4-5H2,1-3H3. The summed E-state index contributed by atoms with van der Waals surface area (Å²) in [6.07, 6.45) is 0. The van der Waals surface area contributed by atoms with Gasteiger partial charge in [0, 0.05) is 11.4 Å². The highest BCUT2D eigenvalue weighted by Crippen LogP contribution is 2.60. The van der Waals surface area contributed by atoms with Gasteiger partial charge in [0.15, 0.2) is 0 Å². The van der Waals surface area contributed by atoms with Gasteiger partial charge in [0.1, 0.15) is 4.91 Å². The third-order valence-corrected chi connectivity index (χ3v) is 7.65. The lowest BCUT2D eigenvalue weighted by atomic mass is 10.2. The maximum Gasteiger partial charge on any atom is 0.365 e. The molecule has 7 nitrogen and oxygen atoms in total. The van der Waals surface area contributed by atoms with Crippen LogP contribution >= 0.6 is 23.5 Å². The first-order chi connectivity index (χ1) is 15.5. The molecule has 0 saturated carbocycles. The van der Waals surface area contributed by atoms with Crippen molar-refractivity contribution in [2.45, 2.75) is 25.1 Å². The van der Waals surface area contributed by atoms with Gasteiger partial charge in [0.05, 0.1) is 18.9 Å². The smallest absolute Gasteiger partial charge is 0.365 e. The molecule has 0 radical (unpaired) electrons. The van der Waals surface area contributed by atoms with Crippen molar-refractivity contribution in [1.82, 2.24) is 0 Å². The molecule has 32 heavy (non-hydrogen) atoms. The van der Waals surface area contributed by atoms with Gasteiger partial charge in [0.2, 0.25) is 9.37 Å². The third-order valence-electron chi connectivity index (χ3n) is 4.80. The molecule has 2 aromatic carbocycles. The second kappa shape index (κ2) is 9.30. The summed E-state index contributed by atoms with van der Waals surface area (Å²) in [7, 11) is 0. The molecular weight excluding hydrogens is 446 g/mol. The van der Waals surface area contributed by atoms with Gasteiger partial charge >= 0.3 is 11.9 Å². The van der Waals surface area contributed by atoms with Crippen molar-refractivity contribution in [1.29, 1.82) is 0 Å². The largest absolute Gasteiger partial charge is 0.462 e. The maximum absolute atomic E-state index is 12.8. The number of hydrazone groups is 1. The van der Waals surface area contributed by atoms with E-state index in [2.05, 4.69) is 5.10 Å². The van der Waals surface area contributed by atoms with Crippen molar-refractivity contribution in [2.75, 3.05) is 23.1 Å². The van der Waals surface area contributed by atoms with Crippen LogP contribution in [-0.4, -0.2) is 34.5 Å². The van der Waals surface area contributed by atoms with E-state index in [1.165, 1.54) is 23.5 Å². The molecule has 1 spiro atoms. The quantitative estimate of drug-likeness (QED) is 0.560. The molecule has 1 unspecified atom stereocenters. The Balaban J connectivity index is 1.87. The van der Waals surface area contributed by atoms with Crippen molar-refractivity contribution in [3.63, 3.8) is 0 Å². The van der Waals surface area contributed by atoms with Crippen LogP contribution in [0.3, 0.4) is 0 Å². The zero-order chi connectivity index (χ0) is 22.7. The second-order valence-electron chi connectivity index (χ2n) is 6.83. The number of para-hydroxylation sites is 2. The van der Waals surface area contributed by atoms with Crippen LogP contribution in [0, 0.1) is 0 Å². The number of hydrogen-bond acceptors (Lipinski definition) is 9. The summed E-state index contributed by atoms with van der Waals surface area (Å²) in [4.78, 5) is 28.0. The molecule has 2 aliphatic heterocycles. The molecule has 0 bridgehead atoms. The Morgan fingerprint density at radius 1 is 0.875 bits per heavy atom. The van der Waals surface area contributed by atoms with E-state index in [9.17, 15) is 9.59 Å². The summed E-state index contributed by atoms with van der Waals surface area (Å²) >= 11 is 2.58. The van der Waals surface area contributed by atoms with Crippen LogP contribution in [-0.2, 0) is 19.1 Å². The molecule has 0 aromatic heterocycles. The minimum atomic E-state index is -0.975. The molecule has 0 aliphatic carbocycles. The van der Waals surface area contributed by atoms with Gasteiger partial charge in [-0.05, 0) is 56.8 Å². The monoisotopic (exact) mass is 469 g/mol. The second-order valence-corrected chi connectivity index (χ2v) is 9.43. The Hall–Kier alpha value is -2.91. The Bertz CT molecular complexity index is 1080. The molecule has 0 fully saturated rings. The number of benzene rings is 2. The SMILES string of the molecule is CCOC(=O)C1=NN(c2ccccc2)C2(S1)SC(C(=O)OCC)=C(C)N2c1ccccc1. The van der Waals surface area contributed by atoms with Crippen LogP contribution in [0.4, 0.5) is 11.4 Å². The molecule has 9 heteroatoms. The summed E-state index contributed by atoms with van der Waals surface area (Å²) < 4.78 is 9.60. The molecule has 2 heterocycles. The van der Waals surface area contributed by atoms with E-state index < -0.39 is 16.3 Å². The lowest BCUT2D eigenvalue weighted by Gasteiger charge is -2.41. The number of allylic oxidation sites excluding steroid dienone is 1. The number of carbonyl (C=O) groups excluding carboxylic acids is 2. The normalized spacial score (nSPS) is 20.0. The van der Waals surface area contributed by atoms with Crippen molar-refractivity contribution < 1.29 is 19.1 Å². The van der Waals surface area contributed by atoms with Gasteiger partial charge in [-0.1, -0.05) is 48.2 Å². The molecule has 2 aromatic rings. The average molecular weight is 470 g/mol. The van der Waals surface area contributed by atoms with Crippen LogP contribution in [0.2, 0.25) is 0 Å². The molecule has 2 aliphatic rings. The van der Waals surface area contributed by atoms with Gasteiger partial charge in [0.25, 0.3) is 0 Å². The first kappa shape index (κ1) is 22.3. The van der Waals surface area contributed by atoms with Crippen molar-refractivity contribution in [3.05, 3.63) is 71.3 Å². The average Bonchev–Trinajstić information content (AvgIpc) is 3.33. The molecule has 4 rings (SSSR count). The van der Waals surface area contributed by atoms with E-state index >= 15 is 0 Å². The molecule has 0 saturated heterocycles. The van der Waals surface area contributed by atoms with E-state index in [-0.39, 0.29) is 18.3 Å². The Labute approximate surface area is 195 Å². The summed E-state index contributed by atoms with van der Waals surface area (Å²) in [5.74, 6) is -0.892. The lowest BCUT2D eigenvalue weighted by Crippen LogP contribution is -2.49. The Kier molecular flexibility index (Phi) is 6.48. The Morgan fingerprint density at radius 3 is 2.03 bits per heavy atom.